The van der Waals surface area contributed by atoms with Crippen LogP contribution in [-0.4, -0.2) is 6.29 Å². The van der Waals surface area contributed by atoms with Crippen LogP contribution in [0.15, 0.2) is 53.9 Å². The molecule has 0 saturated carbocycles. The highest BCUT2D eigenvalue weighted by molar-refractivity contribution is 7.17. The number of rotatable bonds is 2. The second-order valence-corrected chi connectivity index (χ2v) is 4.86. The first-order valence-corrected chi connectivity index (χ1v) is 6.28. The molecule has 2 aromatic carbocycles. The van der Waals surface area contributed by atoms with Crippen molar-refractivity contribution in [3.05, 3.63) is 59.5 Å². The largest absolute Gasteiger partial charge is 0.298 e. The molecule has 0 aliphatic carbocycles. The predicted molar refractivity (Wildman–Crippen MR) is 72.6 cm³/mol. The van der Waals surface area contributed by atoms with E-state index >= 15 is 0 Å². The Kier molecular flexibility index (Phi) is 2.50. The molecular weight excluding hydrogens is 228 g/mol. The number of hydrogen-bond donors (Lipinski definition) is 0. The summed E-state index contributed by atoms with van der Waals surface area (Å²) in [5.74, 6) is 0. The molecule has 82 valence electrons. The average Bonchev–Trinajstić information content (AvgIpc) is 2.86. The molecule has 0 spiro atoms. The lowest BCUT2D eigenvalue weighted by atomic mass is 10.0. The number of aldehydes is 1. The van der Waals surface area contributed by atoms with E-state index < -0.39 is 0 Å². The number of carbonyl (C=O) groups is 1. The van der Waals surface area contributed by atoms with Gasteiger partial charge in [0.25, 0.3) is 0 Å². The van der Waals surface area contributed by atoms with Crippen molar-refractivity contribution in [2.75, 3.05) is 0 Å². The van der Waals surface area contributed by atoms with Crippen molar-refractivity contribution in [3.8, 4) is 11.1 Å². The van der Waals surface area contributed by atoms with Crippen molar-refractivity contribution < 1.29 is 4.79 Å². The summed E-state index contributed by atoms with van der Waals surface area (Å²) in [6.07, 6.45) is 0.867. The molecule has 0 bridgehead atoms. The molecule has 0 radical (unpaired) electrons. The summed E-state index contributed by atoms with van der Waals surface area (Å²) in [7, 11) is 0. The molecule has 1 nitrogen and oxygen atoms in total. The van der Waals surface area contributed by atoms with Crippen LogP contribution in [0.1, 0.15) is 10.4 Å². The summed E-state index contributed by atoms with van der Waals surface area (Å²) in [6.45, 7) is 0. The first-order chi connectivity index (χ1) is 8.36. The maximum atomic E-state index is 10.6. The van der Waals surface area contributed by atoms with Gasteiger partial charge in [-0.2, -0.15) is 0 Å². The number of benzene rings is 2. The number of carbonyl (C=O) groups excluding carboxylic acids is 1. The fourth-order valence-corrected chi connectivity index (χ4v) is 2.72. The van der Waals surface area contributed by atoms with Crippen molar-refractivity contribution >= 4 is 27.7 Å². The molecular formula is C15H10OS. The minimum absolute atomic E-state index is 0.714. The van der Waals surface area contributed by atoms with E-state index in [0.717, 1.165) is 11.8 Å². The highest BCUT2D eigenvalue weighted by Gasteiger charge is 2.00. The molecule has 0 saturated heterocycles. The minimum atomic E-state index is 0.714. The summed E-state index contributed by atoms with van der Waals surface area (Å²) in [5.41, 5.74) is 3.05. The molecule has 1 heterocycles. The van der Waals surface area contributed by atoms with E-state index in [1.807, 2.05) is 24.3 Å². The van der Waals surface area contributed by atoms with Crippen molar-refractivity contribution in [1.82, 2.24) is 0 Å². The SMILES string of the molecule is O=Cc1ccc(-c2ccc3ccsc3c2)cc1. The van der Waals surface area contributed by atoms with Crippen molar-refractivity contribution in [2.45, 2.75) is 0 Å². The van der Waals surface area contributed by atoms with E-state index in [2.05, 4.69) is 29.6 Å². The fraction of sp³-hybridized carbons (Fsp3) is 0. The molecule has 3 aromatic rings. The van der Waals surface area contributed by atoms with Crippen LogP contribution >= 0.6 is 11.3 Å². The Morgan fingerprint density at radius 2 is 1.65 bits per heavy atom. The van der Waals surface area contributed by atoms with E-state index in [9.17, 15) is 4.79 Å². The fourth-order valence-electron chi connectivity index (χ4n) is 1.89. The van der Waals surface area contributed by atoms with Crippen molar-refractivity contribution in [2.24, 2.45) is 0 Å². The molecule has 0 fully saturated rings. The van der Waals surface area contributed by atoms with Gasteiger partial charge >= 0.3 is 0 Å². The maximum absolute atomic E-state index is 10.6. The molecule has 2 heteroatoms. The van der Waals surface area contributed by atoms with Gasteiger partial charge in [-0.25, -0.2) is 0 Å². The molecule has 0 aliphatic rings. The molecule has 1 aromatic heterocycles. The number of fused-ring (bicyclic) bond motifs is 1. The van der Waals surface area contributed by atoms with E-state index in [1.165, 1.54) is 15.6 Å². The third-order valence-electron chi connectivity index (χ3n) is 2.84. The summed E-state index contributed by atoms with van der Waals surface area (Å²) in [5, 5.41) is 3.38. The Morgan fingerprint density at radius 3 is 2.41 bits per heavy atom. The van der Waals surface area contributed by atoms with Gasteiger partial charge in [-0.1, -0.05) is 36.4 Å². The van der Waals surface area contributed by atoms with Gasteiger partial charge in [0.1, 0.15) is 6.29 Å². The molecule has 0 amide bonds. The van der Waals surface area contributed by atoms with Crippen LogP contribution in [0.5, 0.6) is 0 Å². The highest BCUT2D eigenvalue weighted by Crippen LogP contribution is 2.27. The Bertz CT molecular complexity index is 665. The van der Waals surface area contributed by atoms with Crippen LogP contribution in [0.25, 0.3) is 21.2 Å². The van der Waals surface area contributed by atoms with E-state index in [0.29, 0.717) is 5.56 Å². The lowest BCUT2D eigenvalue weighted by Gasteiger charge is -2.02. The quantitative estimate of drug-likeness (QED) is 0.605. The lowest BCUT2D eigenvalue weighted by Crippen LogP contribution is -1.80. The predicted octanol–water partition coefficient (Wildman–Crippen LogP) is 4.38. The summed E-state index contributed by atoms with van der Waals surface area (Å²) < 4.78 is 1.29. The zero-order valence-corrected chi connectivity index (χ0v) is 9.91. The van der Waals surface area contributed by atoms with Crippen LogP contribution in [0, 0.1) is 0 Å². The second-order valence-electron chi connectivity index (χ2n) is 3.91. The topological polar surface area (TPSA) is 17.1 Å². The van der Waals surface area contributed by atoms with Gasteiger partial charge in [0, 0.05) is 10.3 Å². The smallest absolute Gasteiger partial charge is 0.150 e. The third kappa shape index (κ3) is 1.87. The maximum Gasteiger partial charge on any atom is 0.150 e. The number of hydrogen-bond acceptors (Lipinski definition) is 2. The molecule has 0 N–H and O–H groups in total. The molecule has 3 rings (SSSR count). The second kappa shape index (κ2) is 4.15. The highest BCUT2D eigenvalue weighted by atomic mass is 32.1. The Labute approximate surface area is 103 Å². The van der Waals surface area contributed by atoms with Crippen LogP contribution in [0.2, 0.25) is 0 Å². The van der Waals surface area contributed by atoms with Gasteiger partial charge in [-0.15, -0.1) is 11.3 Å². The van der Waals surface area contributed by atoms with Crippen LogP contribution in [-0.2, 0) is 0 Å². The monoisotopic (exact) mass is 238 g/mol. The van der Waals surface area contributed by atoms with Crippen molar-refractivity contribution in [1.29, 1.82) is 0 Å². The molecule has 17 heavy (non-hydrogen) atoms. The van der Waals surface area contributed by atoms with E-state index in [4.69, 9.17) is 0 Å². The normalized spacial score (nSPS) is 10.6. The zero-order chi connectivity index (χ0) is 11.7. The van der Waals surface area contributed by atoms with Gasteiger partial charge < -0.3 is 0 Å². The minimum Gasteiger partial charge on any atom is -0.298 e. The van der Waals surface area contributed by atoms with E-state index in [1.54, 1.807) is 11.3 Å². The van der Waals surface area contributed by atoms with Gasteiger partial charge in [0.05, 0.1) is 0 Å². The number of thiophene rings is 1. The third-order valence-corrected chi connectivity index (χ3v) is 3.72. The molecule has 0 atom stereocenters. The van der Waals surface area contributed by atoms with Gasteiger partial charge in [0.2, 0.25) is 0 Å². The van der Waals surface area contributed by atoms with Gasteiger partial charge in [-0.05, 0) is 34.0 Å². The van der Waals surface area contributed by atoms with E-state index in [-0.39, 0.29) is 0 Å². The first kappa shape index (κ1) is 10.2. The van der Waals surface area contributed by atoms with Crippen LogP contribution in [0.4, 0.5) is 0 Å². The summed E-state index contributed by atoms with van der Waals surface area (Å²) in [6, 6.07) is 16.2. The molecule has 0 unspecified atom stereocenters. The van der Waals surface area contributed by atoms with Crippen molar-refractivity contribution in [3.63, 3.8) is 0 Å². The first-order valence-electron chi connectivity index (χ1n) is 5.40. The summed E-state index contributed by atoms with van der Waals surface area (Å²) >= 11 is 1.75. The standard InChI is InChI=1S/C15H10OS/c16-10-11-1-3-12(4-2-11)14-6-5-13-7-8-17-15(13)9-14/h1-10H. The van der Waals surface area contributed by atoms with Gasteiger partial charge in [-0.3, -0.25) is 4.79 Å². The lowest BCUT2D eigenvalue weighted by molar-refractivity contribution is 0.112. The van der Waals surface area contributed by atoms with Crippen LogP contribution < -0.4 is 0 Å². The summed E-state index contributed by atoms with van der Waals surface area (Å²) in [4.78, 5) is 10.6. The van der Waals surface area contributed by atoms with Crippen LogP contribution in [0.3, 0.4) is 0 Å². The Morgan fingerprint density at radius 1 is 0.882 bits per heavy atom. The average molecular weight is 238 g/mol. The molecule has 0 aliphatic heterocycles. The Balaban J connectivity index is 2.09. The zero-order valence-electron chi connectivity index (χ0n) is 9.09. The Hall–Kier alpha value is -1.93. The van der Waals surface area contributed by atoms with Gasteiger partial charge in [0.15, 0.2) is 0 Å².